The summed E-state index contributed by atoms with van der Waals surface area (Å²) in [7, 11) is 1.80. The lowest BCUT2D eigenvalue weighted by molar-refractivity contribution is -0.229. The Morgan fingerprint density at radius 1 is 1.26 bits per heavy atom. The zero-order valence-corrected chi connectivity index (χ0v) is 23.0. The number of aliphatic hydroxyl groups is 1. The highest BCUT2D eigenvalue weighted by Gasteiger charge is 2.78. The van der Waals surface area contributed by atoms with Crippen molar-refractivity contribution < 1.29 is 37.4 Å². The van der Waals surface area contributed by atoms with Crippen LogP contribution in [-0.2, 0) is 19.1 Å². The van der Waals surface area contributed by atoms with Crippen LogP contribution in [0.4, 0.5) is 13.2 Å². The lowest BCUT2D eigenvalue weighted by Gasteiger charge is -2.63. The maximum atomic E-state index is 17.4. The normalized spacial score (nSPS) is 48.2. The molecule has 10 atom stereocenters. The fourth-order valence-corrected chi connectivity index (χ4v) is 9.60. The number of likely N-dealkylation sites (N-methyl/N-ethyl adjacent to an activating group) is 1. The third-order valence-electron chi connectivity index (χ3n) is 10.7. The minimum atomic E-state index is -2.31. The van der Waals surface area contributed by atoms with Gasteiger partial charge in [-0.2, -0.15) is 0 Å². The molecule has 1 aliphatic heterocycles. The predicted molar refractivity (Wildman–Crippen MR) is 136 cm³/mol. The monoisotopic (exact) mass is 555 g/mol. The first-order chi connectivity index (χ1) is 17.8. The van der Waals surface area contributed by atoms with Gasteiger partial charge in [0.05, 0.1) is 6.10 Å². The van der Waals surface area contributed by atoms with Gasteiger partial charge in [-0.3, -0.25) is 19.3 Å². The van der Waals surface area contributed by atoms with Crippen molar-refractivity contribution in [1.82, 2.24) is 4.90 Å². The van der Waals surface area contributed by atoms with E-state index in [0.29, 0.717) is 24.7 Å². The van der Waals surface area contributed by atoms with E-state index >= 15 is 8.78 Å². The summed E-state index contributed by atoms with van der Waals surface area (Å²) in [5.74, 6) is -3.28. The number of fused-ring (bicyclic) bond motifs is 5. The summed E-state index contributed by atoms with van der Waals surface area (Å²) in [6.45, 7) is 5.65. The van der Waals surface area contributed by atoms with Crippen LogP contribution in [-0.4, -0.2) is 76.1 Å². The van der Waals surface area contributed by atoms with Crippen molar-refractivity contribution in [3.05, 3.63) is 23.8 Å². The average molecular weight is 556 g/mol. The second-order valence-corrected chi connectivity index (χ2v) is 13.2. The van der Waals surface area contributed by atoms with E-state index in [0.717, 1.165) is 12.5 Å². The topological polar surface area (TPSA) is 83.9 Å². The van der Waals surface area contributed by atoms with Gasteiger partial charge in [0.2, 0.25) is 5.12 Å². The number of halogens is 3. The van der Waals surface area contributed by atoms with Crippen molar-refractivity contribution in [2.45, 2.75) is 82.5 Å². The number of nitrogens with zero attached hydrogens (tertiary/aromatic N) is 1. The second kappa shape index (κ2) is 9.20. The number of likely N-dealkylation sites (tertiary alicyclic amines) is 1. The van der Waals surface area contributed by atoms with Gasteiger partial charge in [-0.1, -0.05) is 19.9 Å². The number of carbonyl (C=O) groups is 3. The van der Waals surface area contributed by atoms with E-state index in [9.17, 15) is 23.9 Å². The zero-order chi connectivity index (χ0) is 27.8. The van der Waals surface area contributed by atoms with E-state index in [1.807, 2.05) is 4.90 Å². The van der Waals surface area contributed by atoms with Gasteiger partial charge in [-0.15, -0.1) is 0 Å². The summed E-state index contributed by atoms with van der Waals surface area (Å²) in [5, 5.41) is 10.9. The average Bonchev–Trinajstić information content (AvgIpc) is 3.37. The van der Waals surface area contributed by atoms with Gasteiger partial charge in [0.1, 0.15) is 18.2 Å². The largest absolute Gasteiger partial charge is 0.448 e. The number of thioether (sulfide) groups is 1. The number of aliphatic hydroxyl groups excluding tert-OH is 1. The minimum absolute atomic E-state index is 0.0171. The maximum absolute atomic E-state index is 17.4. The molecule has 4 aliphatic carbocycles. The smallest absolute Gasteiger partial charge is 0.324 e. The van der Waals surface area contributed by atoms with Crippen LogP contribution in [0.3, 0.4) is 0 Å². The molecule has 0 radical (unpaired) electrons. The van der Waals surface area contributed by atoms with Crippen molar-refractivity contribution in [2.75, 3.05) is 19.6 Å². The molecule has 0 spiro atoms. The van der Waals surface area contributed by atoms with Gasteiger partial charge in [0, 0.05) is 22.7 Å². The number of esters is 1. The Morgan fingerprint density at radius 3 is 2.61 bits per heavy atom. The first-order valence-corrected chi connectivity index (χ1v) is 14.4. The predicted octanol–water partition coefficient (Wildman–Crippen LogP) is 4.11. The molecule has 0 bridgehead atoms. The summed E-state index contributed by atoms with van der Waals surface area (Å²) >= 11 is 0.415. The fraction of sp³-hybridized carbons (Fsp3) is 0.750. The Morgan fingerprint density at radius 2 is 1.97 bits per heavy atom. The Labute approximate surface area is 225 Å². The Balaban J connectivity index is 1.61. The second-order valence-electron chi connectivity index (χ2n) is 12.3. The van der Waals surface area contributed by atoms with Crippen LogP contribution in [0.1, 0.15) is 52.9 Å². The van der Waals surface area contributed by atoms with Crippen molar-refractivity contribution in [3.8, 4) is 0 Å². The van der Waals surface area contributed by atoms with Crippen LogP contribution in [0.5, 0.6) is 0 Å². The number of ketones is 1. The molecule has 5 rings (SSSR count). The van der Waals surface area contributed by atoms with Crippen LogP contribution >= 0.6 is 11.8 Å². The number of hydrogen-bond acceptors (Lipinski definition) is 7. The molecule has 1 heterocycles. The summed E-state index contributed by atoms with van der Waals surface area (Å²) < 4.78 is 52.9. The highest BCUT2D eigenvalue weighted by atomic mass is 32.2. The molecule has 3 saturated carbocycles. The summed E-state index contributed by atoms with van der Waals surface area (Å²) in [6.07, 6.45) is 1.53. The summed E-state index contributed by atoms with van der Waals surface area (Å²) in [4.78, 5) is 41.1. The number of allylic oxidation sites excluding steroid dienone is 4. The number of ether oxygens (including phenoxy) is 1. The summed E-state index contributed by atoms with van der Waals surface area (Å²) in [5.41, 5.74) is -6.92. The highest BCUT2D eigenvalue weighted by molar-refractivity contribution is 8.13. The quantitative estimate of drug-likeness (QED) is 0.523. The Hall–Kier alpha value is -1.65. The first-order valence-electron chi connectivity index (χ1n) is 13.4. The fourth-order valence-electron chi connectivity index (χ4n) is 8.81. The van der Waals surface area contributed by atoms with Crippen LogP contribution in [0.15, 0.2) is 23.8 Å². The molecule has 210 valence electrons. The minimum Gasteiger partial charge on any atom is -0.448 e. The molecule has 0 unspecified atom stereocenters. The van der Waals surface area contributed by atoms with E-state index in [1.54, 1.807) is 20.9 Å². The third kappa shape index (κ3) is 3.44. The molecular weight excluding hydrogens is 519 g/mol. The molecule has 0 aromatic heterocycles. The van der Waals surface area contributed by atoms with Crippen molar-refractivity contribution >= 4 is 28.6 Å². The van der Waals surface area contributed by atoms with Crippen LogP contribution < -0.4 is 0 Å². The standard InChI is InChI=1S/C28H36F3NO5S/c1-15-10-17-18-12-20(30)19-11-16(33)7-8-25(19,2)27(18,31)22(34)13-26(17,3)28(15,24(36)38-14-29)37-23(35)21-6-5-9-32(21)4/h7-8,11,15,17-18,20-22,34H,5-6,9-10,12-14H2,1-4H3/t15-,17+,18+,20+,21+,22+,25+,26+,27+,28+/m1/s1. The molecule has 10 heteroatoms. The molecule has 0 aromatic carbocycles. The zero-order valence-electron chi connectivity index (χ0n) is 22.2. The van der Waals surface area contributed by atoms with E-state index in [1.165, 1.54) is 19.1 Å². The number of alkyl halides is 3. The van der Waals surface area contributed by atoms with Crippen LogP contribution in [0.2, 0.25) is 0 Å². The first kappa shape index (κ1) is 27.9. The van der Waals surface area contributed by atoms with E-state index in [4.69, 9.17) is 4.74 Å². The van der Waals surface area contributed by atoms with Gasteiger partial charge in [-0.05, 0) is 88.0 Å². The molecule has 6 nitrogen and oxygen atoms in total. The third-order valence-corrected chi connectivity index (χ3v) is 11.4. The van der Waals surface area contributed by atoms with E-state index in [2.05, 4.69) is 0 Å². The molecule has 38 heavy (non-hydrogen) atoms. The van der Waals surface area contributed by atoms with Gasteiger partial charge in [0.25, 0.3) is 0 Å². The van der Waals surface area contributed by atoms with E-state index < -0.39 is 81.0 Å². The molecule has 1 N–H and O–H groups in total. The number of carbonyl (C=O) groups excluding carboxylic acids is 3. The number of rotatable bonds is 4. The van der Waals surface area contributed by atoms with Crippen LogP contribution in [0.25, 0.3) is 0 Å². The van der Waals surface area contributed by atoms with Crippen molar-refractivity contribution in [2.24, 2.45) is 28.6 Å². The molecule has 0 amide bonds. The van der Waals surface area contributed by atoms with Gasteiger partial charge in [-0.25, -0.2) is 13.2 Å². The maximum Gasteiger partial charge on any atom is 0.324 e. The van der Waals surface area contributed by atoms with Crippen molar-refractivity contribution in [1.29, 1.82) is 0 Å². The lowest BCUT2D eigenvalue weighted by atomic mass is 9.44. The molecule has 4 fully saturated rings. The Bertz CT molecular complexity index is 1120. The van der Waals surface area contributed by atoms with Gasteiger partial charge in [0.15, 0.2) is 17.1 Å². The Kier molecular flexibility index (Phi) is 6.75. The number of hydrogen-bond donors (Lipinski definition) is 1. The summed E-state index contributed by atoms with van der Waals surface area (Å²) in [6, 6.07) is -1.58. The van der Waals surface area contributed by atoms with E-state index in [-0.39, 0.29) is 24.8 Å². The molecule has 1 saturated heterocycles. The molecule has 0 aromatic rings. The lowest BCUT2D eigenvalue weighted by Crippen LogP contribution is -2.71. The SMILES string of the molecule is C[C@@H]1C[C@H]2[C@@H]3C[C@H](F)C4=CC(=O)C=C[C@]4(C)[C@@]3(F)[C@@H](O)C[C@]2(C)[C@@]1(OC(=O)[C@@H]1CCCN1C)C(=O)SCF. The molecular formula is C28H36F3NO5S. The van der Waals surface area contributed by atoms with Crippen LogP contribution in [0, 0.1) is 28.6 Å². The highest BCUT2D eigenvalue weighted by Crippen LogP contribution is 2.72. The van der Waals surface area contributed by atoms with Gasteiger partial charge < -0.3 is 9.84 Å². The molecule has 5 aliphatic rings. The van der Waals surface area contributed by atoms with Crippen molar-refractivity contribution in [3.63, 3.8) is 0 Å². The van der Waals surface area contributed by atoms with Gasteiger partial charge >= 0.3 is 5.97 Å².